The lowest BCUT2D eigenvalue weighted by Gasteiger charge is -2.21. The summed E-state index contributed by atoms with van der Waals surface area (Å²) in [6.45, 7) is -0.281. The number of hydrazone groups is 1. The van der Waals surface area contributed by atoms with Gasteiger partial charge in [-0.25, -0.2) is 13.8 Å². The predicted octanol–water partition coefficient (Wildman–Crippen LogP) is 4.49. The molecule has 178 valence electrons. The van der Waals surface area contributed by atoms with E-state index in [1.165, 1.54) is 37.6 Å². The third-order valence-electron chi connectivity index (χ3n) is 4.85. The second-order valence-electron chi connectivity index (χ2n) is 7.21. The summed E-state index contributed by atoms with van der Waals surface area (Å²) >= 11 is 9.28. The van der Waals surface area contributed by atoms with Crippen molar-refractivity contribution >= 4 is 49.7 Å². The average Bonchev–Trinajstić information content (AvgIpc) is 2.82. The van der Waals surface area contributed by atoms with Crippen LogP contribution in [0, 0.1) is 0 Å². The van der Waals surface area contributed by atoms with Crippen molar-refractivity contribution in [2.75, 3.05) is 20.2 Å². The van der Waals surface area contributed by atoms with E-state index in [-0.39, 0.29) is 11.4 Å². The number of sulfonamides is 1. The van der Waals surface area contributed by atoms with Gasteiger partial charge in [-0.15, -0.1) is 0 Å². The van der Waals surface area contributed by atoms with Crippen molar-refractivity contribution in [1.29, 1.82) is 0 Å². The zero-order valence-corrected chi connectivity index (χ0v) is 21.5. The molecule has 0 spiro atoms. The van der Waals surface area contributed by atoms with Gasteiger partial charge in [0, 0.05) is 21.6 Å². The van der Waals surface area contributed by atoms with E-state index in [9.17, 15) is 13.2 Å². The highest BCUT2D eigenvalue weighted by molar-refractivity contribution is 9.10. The van der Waals surface area contributed by atoms with Crippen LogP contribution in [0.2, 0.25) is 5.02 Å². The lowest BCUT2D eigenvalue weighted by molar-refractivity contribution is -0.121. The SMILES string of the molecule is COc1ccc(Br)cc1/C=N\NC(=O)CN(CCc1ccccc1)S(=O)(=O)c1ccc(Cl)cc1. The summed E-state index contributed by atoms with van der Waals surface area (Å²) in [7, 11) is -2.41. The van der Waals surface area contributed by atoms with Crippen molar-refractivity contribution in [1.82, 2.24) is 9.73 Å². The number of amides is 1. The molecule has 34 heavy (non-hydrogen) atoms. The topological polar surface area (TPSA) is 88.1 Å². The number of methoxy groups -OCH3 is 1. The van der Waals surface area contributed by atoms with Gasteiger partial charge in [0.2, 0.25) is 10.0 Å². The minimum atomic E-state index is -3.94. The fourth-order valence-electron chi connectivity index (χ4n) is 3.11. The normalized spacial score (nSPS) is 11.6. The summed E-state index contributed by atoms with van der Waals surface area (Å²) in [5.41, 5.74) is 4.00. The van der Waals surface area contributed by atoms with Gasteiger partial charge in [0.15, 0.2) is 0 Å². The highest BCUT2D eigenvalue weighted by Crippen LogP contribution is 2.21. The van der Waals surface area contributed by atoms with Crippen LogP contribution in [0.25, 0.3) is 0 Å². The second kappa shape index (κ2) is 12.1. The van der Waals surface area contributed by atoms with E-state index >= 15 is 0 Å². The Morgan fingerprint density at radius 3 is 2.50 bits per heavy atom. The highest BCUT2D eigenvalue weighted by Gasteiger charge is 2.26. The van der Waals surface area contributed by atoms with Crippen LogP contribution >= 0.6 is 27.5 Å². The summed E-state index contributed by atoms with van der Waals surface area (Å²) in [4.78, 5) is 12.7. The van der Waals surface area contributed by atoms with Crippen molar-refractivity contribution in [3.05, 3.63) is 93.4 Å². The monoisotopic (exact) mass is 563 g/mol. The Morgan fingerprint density at radius 1 is 1.12 bits per heavy atom. The van der Waals surface area contributed by atoms with Crippen molar-refractivity contribution in [2.24, 2.45) is 5.10 Å². The number of hydrogen-bond acceptors (Lipinski definition) is 5. The summed E-state index contributed by atoms with van der Waals surface area (Å²) in [5, 5.41) is 4.39. The molecule has 3 rings (SSSR count). The van der Waals surface area contributed by atoms with Gasteiger partial charge in [0.05, 0.1) is 24.8 Å². The molecule has 0 fully saturated rings. The molecule has 0 radical (unpaired) electrons. The Labute approximate surface area is 212 Å². The predicted molar refractivity (Wildman–Crippen MR) is 137 cm³/mol. The zero-order chi connectivity index (χ0) is 24.6. The maximum atomic E-state index is 13.3. The molecular weight excluding hydrogens is 542 g/mol. The summed E-state index contributed by atoms with van der Waals surface area (Å²) in [6, 6.07) is 20.7. The van der Waals surface area contributed by atoms with E-state index in [1.54, 1.807) is 12.1 Å². The highest BCUT2D eigenvalue weighted by atomic mass is 79.9. The smallest absolute Gasteiger partial charge is 0.255 e. The van der Waals surface area contributed by atoms with Gasteiger partial charge in [-0.05, 0) is 54.4 Å². The van der Waals surface area contributed by atoms with Gasteiger partial charge in [-0.2, -0.15) is 9.41 Å². The van der Waals surface area contributed by atoms with Gasteiger partial charge in [-0.3, -0.25) is 4.79 Å². The number of ether oxygens (including phenoxy) is 1. The number of benzene rings is 3. The first-order valence-corrected chi connectivity index (χ1v) is 12.9. The van der Waals surface area contributed by atoms with E-state index in [0.29, 0.717) is 22.8 Å². The molecule has 0 aliphatic rings. The number of carbonyl (C=O) groups is 1. The first kappa shape index (κ1) is 25.9. The third kappa shape index (κ3) is 7.14. The van der Waals surface area contributed by atoms with Crippen LogP contribution in [0.5, 0.6) is 5.75 Å². The average molecular weight is 565 g/mol. The molecule has 0 aliphatic heterocycles. The quantitative estimate of drug-likeness (QED) is 0.290. The molecule has 1 N–H and O–H groups in total. The number of halogens is 2. The standard InChI is InChI=1S/C24H23BrClN3O4S/c1-33-23-12-7-20(25)15-19(23)16-27-28-24(30)17-29(14-13-18-5-3-2-4-6-18)34(31,32)22-10-8-21(26)9-11-22/h2-12,15-16H,13-14,17H2,1H3,(H,28,30)/b27-16-. The van der Waals surface area contributed by atoms with Crippen LogP contribution in [0.3, 0.4) is 0 Å². The van der Waals surface area contributed by atoms with E-state index in [0.717, 1.165) is 14.3 Å². The van der Waals surface area contributed by atoms with Crippen molar-refractivity contribution < 1.29 is 17.9 Å². The number of nitrogens with one attached hydrogen (secondary N) is 1. The Balaban J connectivity index is 1.75. The van der Waals surface area contributed by atoms with E-state index < -0.39 is 22.5 Å². The van der Waals surface area contributed by atoms with Crippen molar-refractivity contribution in [3.63, 3.8) is 0 Å². The molecule has 0 atom stereocenters. The molecule has 1 amide bonds. The molecule has 0 aliphatic carbocycles. The van der Waals surface area contributed by atoms with E-state index in [2.05, 4.69) is 26.5 Å². The Bertz CT molecular complexity index is 1250. The molecular formula is C24H23BrClN3O4S. The van der Waals surface area contributed by atoms with E-state index in [4.69, 9.17) is 16.3 Å². The maximum Gasteiger partial charge on any atom is 0.255 e. The van der Waals surface area contributed by atoms with Crippen molar-refractivity contribution in [3.8, 4) is 5.75 Å². The van der Waals surface area contributed by atoms with Gasteiger partial charge < -0.3 is 4.74 Å². The molecule has 10 heteroatoms. The van der Waals surface area contributed by atoms with Crippen LogP contribution in [0.1, 0.15) is 11.1 Å². The summed E-state index contributed by atoms with van der Waals surface area (Å²) < 4.78 is 33.7. The molecule has 0 bridgehead atoms. The Hall–Kier alpha value is -2.72. The molecule has 0 saturated carbocycles. The van der Waals surface area contributed by atoms with Gasteiger partial charge in [0.1, 0.15) is 5.75 Å². The fourth-order valence-corrected chi connectivity index (χ4v) is 5.02. The summed E-state index contributed by atoms with van der Waals surface area (Å²) in [5.74, 6) is 0.00631. The van der Waals surface area contributed by atoms with Gasteiger partial charge in [0.25, 0.3) is 5.91 Å². The number of rotatable bonds is 10. The van der Waals surface area contributed by atoms with Gasteiger partial charge in [-0.1, -0.05) is 57.9 Å². The number of hydrogen-bond donors (Lipinski definition) is 1. The van der Waals surface area contributed by atoms with Gasteiger partial charge >= 0.3 is 0 Å². The molecule has 3 aromatic rings. The van der Waals surface area contributed by atoms with Crippen LogP contribution in [-0.4, -0.2) is 45.0 Å². The molecule has 0 saturated heterocycles. The minimum absolute atomic E-state index is 0.0557. The number of carbonyl (C=O) groups excluding carboxylic acids is 1. The lowest BCUT2D eigenvalue weighted by atomic mass is 10.1. The third-order valence-corrected chi connectivity index (χ3v) is 7.45. The zero-order valence-electron chi connectivity index (χ0n) is 18.3. The molecule has 0 aromatic heterocycles. The fraction of sp³-hybridized carbons (Fsp3) is 0.167. The van der Waals surface area contributed by atoms with Crippen LogP contribution in [0.4, 0.5) is 0 Å². The molecule has 7 nitrogen and oxygen atoms in total. The Kier molecular flexibility index (Phi) is 9.23. The van der Waals surface area contributed by atoms with Crippen molar-refractivity contribution in [2.45, 2.75) is 11.3 Å². The van der Waals surface area contributed by atoms with E-state index in [1.807, 2.05) is 36.4 Å². The van der Waals surface area contributed by atoms with Crippen LogP contribution < -0.4 is 10.2 Å². The first-order valence-electron chi connectivity index (χ1n) is 10.2. The lowest BCUT2D eigenvalue weighted by Crippen LogP contribution is -2.40. The number of nitrogens with zero attached hydrogens (tertiary/aromatic N) is 2. The largest absolute Gasteiger partial charge is 0.496 e. The van der Waals surface area contributed by atoms with Crippen LogP contribution in [0.15, 0.2) is 87.3 Å². The summed E-state index contributed by atoms with van der Waals surface area (Å²) in [6.07, 6.45) is 1.88. The Morgan fingerprint density at radius 2 is 1.82 bits per heavy atom. The van der Waals surface area contributed by atoms with Crippen LogP contribution in [-0.2, 0) is 21.2 Å². The first-order chi connectivity index (χ1) is 16.3. The maximum absolute atomic E-state index is 13.3. The molecule has 0 heterocycles. The molecule has 3 aromatic carbocycles. The second-order valence-corrected chi connectivity index (χ2v) is 10.5. The molecule has 0 unspecified atom stereocenters. The minimum Gasteiger partial charge on any atom is -0.496 e.